The van der Waals surface area contributed by atoms with Crippen molar-refractivity contribution in [2.45, 2.75) is 18.6 Å². The highest BCUT2D eigenvalue weighted by Crippen LogP contribution is 2.47. The van der Waals surface area contributed by atoms with E-state index in [1.54, 1.807) is 0 Å². The van der Waals surface area contributed by atoms with Crippen molar-refractivity contribution in [1.82, 2.24) is 0 Å². The van der Waals surface area contributed by atoms with E-state index in [1.807, 2.05) is 72.8 Å². The first-order valence-electron chi connectivity index (χ1n) is 8.96. The van der Waals surface area contributed by atoms with Crippen LogP contribution >= 0.6 is 15.9 Å². The van der Waals surface area contributed by atoms with Gasteiger partial charge in [-0.3, -0.25) is 4.79 Å². The molecule has 142 valence electrons. The lowest BCUT2D eigenvalue weighted by molar-refractivity contribution is -0.144. The summed E-state index contributed by atoms with van der Waals surface area (Å²) in [4.78, 5) is 12.5. The van der Waals surface area contributed by atoms with Gasteiger partial charge in [0.05, 0.1) is 7.11 Å². The Kier molecular flexibility index (Phi) is 5.35. The lowest BCUT2D eigenvalue weighted by Crippen LogP contribution is -2.20. The zero-order valence-electron chi connectivity index (χ0n) is 15.3. The van der Waals surface area contributed by atoms with E-state index in [0.29, 0.717) is 12.4 Å². The van der Waals surface area contributed by atoms with Crippen molar-refractivity contribution in [2.24, 2.45) is 0 Å². The molecule has 4 nitrogen and oxygen atoms in total. The minimum atomic E-state index is -0.506. The molecule has 1 aliphatic rings. The van der Waals surface area contributed by atoms with Gasteiger partial charge in [0.2, 0.25) is 0 Å². The quantitative estimate of drug-likeness (QED) is 0.499. The second-order valence-electron chi connectivity index (χ2n) is 6.56. The van der Waals surface area contributed by atoms with Crippen LogP contribution in [0.2, 0.25) is 0 Å². The molecule has 5 heteroatoms. The molecule has 0 aliphatic carbocycles. The van der Waals surface area contributed by atoms with E-state index in [-0.39, 0.29) is 5.97 Å². The molecule has 1 heterocycles. The molecule has 28 heavy (non-hydrogen) atoms. The summed E-state index contributed by atoms with van der Waals surface area (Å²) < 4.78 is 17.9. The van der Waals surface area contributed by atoms with E-state index in [2.05, 4.69) is 15.9 Å². The van der Waals surface area contributed by atoms with Crippen LogP contribution in [0.15, 0.2) is 77.3 Å². The number of rotatable bonds is 5. The number of carbonyl (C=O) groups is 1. The number of hydrogen-bond donors (Lipinski definition) is 0. The van der Waals surface area contributed by atoms with Gasteiger partial charge in [0, 0.05) is 10.0 Å². The van der Waals surface area contributed by atoms with Crippen molar-refractivity contribution >= 4 is 21.9 Å². The lowest BCUT2D eigenvalue weighted by Gasteiger charge is -2.18. The Balaban J connectivity index is 1.54. The summed E-state index contributed by atoms with van der Waals surface area (Å²) in [7, 11) is 1.40. The summed E-state index contributed by atoms with van der Waals surface area (Å²) in [6, 6.07) is 23.3. The predicted octanol–water partition coefficient (Wildman–Crippen LogP) is 5.42. The zero-order valence-corrected chi connectivity index (χ0v) is 16.9. The third kappa shape index (κ3) is 3.76. The number of halogens is 1. The van der Waals surface area contributed by atoms with Gasteiger partial charge < -0.3 is 14.2 Å². The van der Waals surface area contributed by atoms with Crippen LogP contribution in [-0.4, -0.2) is 13.1 Å². The topological polar surface area (TPSA) is 44.8 Å². The van der Waals surface area contributed by atoms with E-state index in [0.717, 1.165) is 26.9 Å². The molecule has 0 aromatic heterocycles. The van der Waals surface area contributed by atoms with Crippen LogP contribution in [0.5, 0.6) is 11.5 Å². The van der Waals surface area contributed by atoms with Gasteiger partial charge in [-0.25, -0.2) is 0 Å². The zero-order chi connectivity index (χ0) is 19.5. The summed E-state index contributed by atoms with van der Waals surface area (Å²) in [5, 5.41) is 0. The van der Waals surface area contributed by atoms with E-state index in [4.69, 9.17) is 14.2 Å². The second kappa shape index (κ2) is 8.07. The van der Waals surface area contributed by atoms with E-state index in [1.165, 1.54) is 7.11 Å². The summed E-state index contributed by atoms with van der Waals surface area (Å²) in [6.07, 6.45) is -0.431. The highest BCUT2D eigenvalue weighted by molar-refractivity contribution is 9.10. The maximum Gasteiger partial charge on any atom is 0.317 e. The number of hydrogen-bond acceptors (Lipinski definition) is 4. The van der Waals surface area contributed by atoms with Gasteiger partial charge in [-0.1, -0.05) is 58.4 Å². The van der Waals surface area contributed by atoms with Crippen molar-refractivity contribution in [3.05, 3.63) is 94.0 Å². The van der Waals surface area contributed by atoms with E-state index >= 15 is 0 Å². The molecule has 4 rings (SSSR count). The largest absolute Gasteiger partial charge is 0.489 e. The standard InChI is InChI=1S/C23H19BrO4/c1-26-23(25)21-19-13-17(24)9-12-20(19)28-22(21)16-7-10-18(11-8-16)27-14-15-5-3-2-4-6-15/h2-13,21-22H,14H2,1H3/t21-,22+/m1/s1. The van der Waals surface area contributed by atoms with Gasteiger partial charge in [-0.05, 0) is 41.5 Å². The Morgan fingerprint density at radius 1 is 1.04 bits per heavy atom. The molecule has 0 spiro atoms. The van der Waals surface area contributed by atoms with Crippen LogP contribution in [0.1, 0.15) is 28.7 Å². The van der Waals surface area contributed by atoms with Gasteiger partial charge >= 0.3 is 5.97 Å². The summed E-state index contributed by atoms with van der Waals surface area (Å²) in [6.45, 7) is 0.504. The molecule has 0 saturated heterocycles. The van der Waals surface area contributed by atoms with Crippen molar-refractivity contribution in [3.63, 3.8) is 0 Å². The fourth-order valence-electron chi connectivity index (χ4n) is 3.37. The molecule has 0 fully saturated rings. The van der Waals surface area contributed by atoms with Crippen molar-refractivity contribution in [3.8, 4) is 11.5 Å². The van der Waals surface area contributed by atoms with Crippen molar-refractivity contribution < 1.29 is 19.0 Å². The van der Waals surface area contributed by atoms with Gasteiger partial charge in [-0.2, -0.15) is 0 Å². The van der Waals surface area contributed by atoms with Crippen molar-refractivity contribution in [1.29, 1.82) is 0 Å². The van der Waals surface area contributed by atoms with Crippen LogP contribution in [0.3, 0.4) is 0 Å². The van der Waals surface area contributed by atoms with E-state index in [9.17, 15) is 4.79 Å². The molecule has 1 aliphatic heterocycles. The predicted molar refractivity (Wildman–Crippen MR) is 109 cm³/mol. The molecule has 0 radical (unpaired) electrons. The Morgan fingerprint density at radius 3 is 2.50 bits per heavy atom. The van der Waals surface area contributed by atoms with Gasteiger partial charge in [0.25, 0.3) is 0 Å². The molecule has 0 bridgehead atoms. The molecule has 0 saturated carbocycles. The molecule has 0 N–H and O–H groups in total. The van der Waals surface area contributed by atoms with Crippen LogP contribution in [0, 0.1) is 0 Å². The summed E-state index contributed by atoms with van der Waals surface area (Å²) in [5.74, 6) is 0.647. The minimum absolute atomic E-state index is 0.314. The van der Waals surface area contributed by atoms with Crippen molar-refractivity contribution in [2.75, 3.05) is 7.11 Å². The average molecular weight is 439 g/mol. The first-order valence-corrected chi connectivity index (χ1v) is 9.75. The minimum Gasteiger partial charge on any atom is -0.489 e. The molecular weight excluding hydrogens is 420 g/mol. The fourth-order valence-corrected chi connectivity index (χ4v) is 3.75. The second-order valence-corrected chi connectivity index (χ2v) is 7.48. The Labute approximate surface area is 172 Å². The number of ether oxygens (including phenoxy) is 3. The first kappa shape index (κ1) is 18.6. The number of fused-ring (bicyclic) bond motifs is 1. The average Bonchev–Trinajstić information content (AvgIpc) is 3.11. The molecule has 3 aromatic rings. The number of esters is 1. The maximum atomic E-state index is 12.5. The molecule has 2 atom stereocenters. The monoisotopic (exact) mass is 438 g/mol. The van der Waals surface area contributed by atoms with E-state index < -0.39 is 12.0 Å². The third-order valence-corrected chi connectivity index (χ3v) is 5.27. The first-order chi connectivity index (χ1) is 13.7. The fraction of sp³-hybridized carbons (Fsp3) is 0.174. The Hall–Kier alpha value is -2.79. The highest BCUT2D eigenvalue weighted by atomic mass is 79.9. The number of methoxy groups -OCH3 is 1. The van der Waals surface area contributed by atoms with Crippen LogP contribution < -0.4 is 9.47 Å². The lowest BCUT2D eigenvalue weighted by atomic mass is 9.91. The number of benzene rings is 3. The van der Waals surface area contributed by atoms with Crippen LogP contribution in [0.25, 0.3) is 0 Å². The number of carbonyl (C=O) groups excluding carboxylic acids is 1. The molecular formula is C23H19BrO4. The summed E-state index contributed by atoms with van der Waals surface area (Å²) >= 11 is 3.46. The third-order valence-electron chi connectivity index (χ3n) is 4.78. The van der Waals surface area contributed by atoms with Gasteiger partial charge in [-0.15, -0.1) is 0 Å². The van der Waals surface area contributed by atoms with Crippen LogP contribution in [-0.2, 0) is 16.1 Å². The van der Waals surface area contributed by atoms with Crippen LogP contribution in [0.4, 0.5) is 0 Å². The maximum absolute atomic E-state index is 12.5. The Bertz CT molecular complexity index is 970. The highest BCUT2D eigenvalue weighted by Gasteiger charge is 2.41. The van der Waals surface area contributed by atoms with Gasteiger partial charge in [0.1, 0.15) is 30.1 Å². The smallest absolute Gasteiger partial charge is 0.317 e. The van der Waals surface area contributed by atoms with Gasteiger partial charge in [0.15, 0.2) is 0 Å². The Morgan fingerprint density at radius 2 is 1.79 bits per heavy atom. The summed E-state index contributed by atoms with van der Waals surface area (Å²) in [5.41, 5.74) is 2.84. The SMILES string of the molecule is COC(=O)[C@@H]1c2cc(Br)ccc2O[C@H]1c1ccc(OCc2ccccc2)cc1. The molecule has 0 amide bonds. The molecule has 3 aromatic carbocycles. The molecule has 0 unspecified atom stereocenters. The normalized spacial score (nSPS) is 17.5.